The molecule has 1 saturated heterocycles. The van der Waals surface area contributed by atoms with Crippen molar-refractivity contribution in [2.24, 2.45) is 7.05 Å². The van der Waals surface area contributed by atoms with Gasteiger partial charge in [0.05, 0.1) is 12.0 Å². The SMILES string of the molecule is C[C@H]1C[C@@H](N2CCc3c(ncn3C)C2)C(=O)O1. The maximum absolute atomic E-state index is 11.7. The van der Waals surface area contributed by atoms with Gasteiger partial charge in [0, 0.05) is 38.7 Å². The molecule has 2 atom stereocenters. The van der Waals surface area contributed by atoms with E-state index in [2.05, 4.69) is 14.5 Å². The minimum Gasteiger partial charge on any atom is -0.461 e. The molecule has 1 aromatic rings. The summed E-state index contributed by atoms with van der Waals surface area (Å²) in [5.74, 6) is -0.0723. The Balaban J connectivity index is 1.78. The van der Waals surface area contributed by atoms with Crippen LogP contribution in [0.25, 0.3) is 0 Å². The van der Waals surface area contributed by atoms with E-state index in [0.717, 1.165) is 31.6 Å². The third kappa shape index (κ3) is 1.74. The van der Waals surface area contributed by atoms with Crippen molar-refractivity contribution in [1.82, 2.24) is 14.5 Å². The molecule has 0 N–H and O–H groups in total. The number of aromatic nitrogens is 2. The molecule has 1 fully saturated rings. The van der Waals surface area contributed by atoms with E-state index in [-0.39, 0.29) is 18.1 Å². The molecule has 92 valence electrons. The number of cyclic esters (lactones) is 1. The summed E-state index contributed by atoms with van der Waals surface area (Å²) < 4.78 is 7.29. The van der Waals surface area contributed by atoms with Crippen LogP contribution in [0.15, 0.2) is 6.33 Å². The highest BCUT2D eigenvalue weighted by atomic mass is 16.6. The highest BCUT2D eigenvalue weighted by Crippen LogP contribution is 2.25. The van der Waals surface area contributed by atoms with Crippen LogP contribution in [-0.4, -0.2) is 39.1 Å². The van der Waals surface area contributed by atoms with Crippen molar-refractivity contribution in [3.8, 4) is 0 Å². The first-order valence-electron chi connectivity index (χ1n) is 6.09. The van der Waals surface area contributed by atoms with E-state index >= 15 is 0 Å². The van der Waals surface area contributed by atoms with Crippen LogP contribution in [0.1, 0.15) is 24.7 Å². The molecule has 0 amide bonds. The monoisotopic (exact) mass is 235 g/mol. The Morgan fingerprint density at radius 1 is 1.53 bits per heavy atom. The molecule has 3 heterocycles. The maximum Gasteiger partial charge on any atom is 0.323 e. The second-order valence-corrected chi connectivity index (χ2v) is 4.97. The van der Waals surface area contributed by atoms with E-state index in [1.165, 1.54) is 5.69 Å². The van der Waals surface area contributed by atoms with Crippen molar-refractivity contribution < 1.29 is 9.53 Å². The van der Waals surface area contributed by atoms with Crippen molar-refractivity contribution in [3.05, 3.63) is 17.7 Å². The van der Waals surface area contributed by atoms with E-state index in [4.69, 9.17) is 4.74 Å². The Kier molecular flexibility index (Phi) is 2.43. The number of fused-ring (bicyclic) bond motifs is 1. The number of carbonyl (C=O) groups is 1. The average Bonchev–Trinajstić information content (AvgIpc) is 2.82. The third-order valence-electron chi connectivity index (χ3n) is 3.72. The number of hydrogen-bond donors (Lipinski definition) is 0. The van der Waals surface area contributed by atoms with E-state index in [1.807, 2.05) is 20.3 Å². The van der Waals surface area contributed by atoms with Gasteiger partial charge in [-0.15, -0.1) is 0 Å². The first-order chi connectivity index (χ1) is 8.15. The molecule has 5 nitrogen and oxygen atoms in total. The van der Waals surface area contributed by atoms with Gasteiger partial charge >= 0.3 is 5.97 Å². The van der Waals surface area contributed by atoms with Gasteiger partial charge in [-0.25, -0.2) is 4.98 Å². The zero-order valence-corrected chi connectivity index (χ0v) is 10.2. The Morgan fingerprint density at radius 2 is 2.35 bits per heavy atom. The standard InChI is InChI=1S/C12H17N3O2/c1-8-5-11(12(16)17-8)15-4-3-10-9(6-15)13-7-14(10)2/h7-8,11H,3-6H2,1-2H3/t8-,11+/m0/s1. The molecule has 2 aliphatic heterocycles. The van der Waals surface area contributed by atoms with Gasteiger partial charge in [-0.3, -0.25) is 9.69 Å². The zero-order chi connectivity index (χ0) is 12.0. The van der Waals surface area contributed by atoms with E-state index in [0.29, 0.717) is 0 Å². The molecule has 3 rings (SSSR count). The van der Waals surface area contributed by atoms with Crippen LogP contribution in [-0.2, 0) is 29.5 Å². The summed E-state index contributed by atoms with van der Waals surface area (Å²) in [6.45, 7) is 3.63. The van der Waals surface area contributed by atoms with Crippen molar-refractivity contribution in [2.75, 3.05) is 6.54 Å². The largest absolute Gasteiger partial charge is 0.461 e. The predicted molar refractivity (Wildman–Crippen MR) is 61.3 cm³/mol. The van der Waals surface area contributed by atoms with Crippen molar-refractivity contribution in [3.63, 3.8) is 0 Å². The normalized spacial score (nSPS) is 29.2. The number of aryl methyl sites for hydroxylation is 1. The second kappa shape index (κ2) is 3.84. The molecule has 0 aliphatic carbocycles. The Morgan fingerprint density at radius 3 is 3.06 bits per heavy atom. The fourth-order valence-corrected chi connectivity index (χ4v) is 2.78. The van der Waals surface area contributed by atoms with Crippen molar-refractivity contribution in [1.29, 1.82) is 0 Å². The van der Waals surface area contributed by atoms with Crippen LogP contribution in [0, 0.1) is 0 Å². The summed E-state index contributed by atoms with van der Waals surface area (Å²) in [5.41, 5.74) is 2.40. The molecular formula is C12H17N3O2. The first kappa shape index (κ1) is 10.8. The van der Waals surface area contributed by atoms with Crippen LogP contribution in [0.5, 0.6) is 0 Å². The van der Waals surface area contributed by atoms with E-state index in [1.54, 1.807) is 0 Å². The number of rotatable bonds is 1. The second-order valence-electron chi connectivity index (χ2n) is 4.97. The molecule has 0 aromatic carbocycles. The first-order valence-corrected chi connectivity index (χ1v) is 6.09. The average molecular weight is 235 g/mol. The summed E-state index contributed by atoms with van der Waals surface area (Å²) >= 11 is 0. The summed E-state index contributed by atoms with van der Waals surface area (Å²) in [6, 6.07) is -0.0693. The number of ether oxygens (including phenoxy) is 1. The van der Waals surface area contributed by atoms with Gasteiger partial charge in [-0.2, -0.15) is 0 Å². The molecule has 0 spiro atoms. The van der Waals surface area contributed by atoms with Gasteiger partial charge in [0.25, 0.3) is 0 Å². The lowest BCUT2D eigenvalue weighted by molar-refractivity contribution is -0.145. The smallest absolute Gasteiger partial charge is 0.323 e. The number of esters is 1. The fraction of sp³-hybridized carbons (Fsp3) is 0.667. The van der Waals surface area contributed by atoms with Crippen molar-refractivity contribution >= 4 is 5.97 Å². The minimum absolute atomic E-state index is 0.0534. The third-order valence-corrected chi connectivity index (χ3v) is 3.72. The quantitative estimate of drug-likeness (QED) is 0.664. The van der Waals surface area contributed by atoms with Crippen LogP contribution in [0.3, 0.4) is 0 Å². The lowest BCUT2D eigenvalue weighted by Crippen LogP contribution is -2.42. The molecule has 0 saturated carbocycles. The van der Waals surface area contributed by atoms with Gasteiger partial charge in [0.15, 0.2) is 0 Å². The Labute approximate surface area is 100 Å². The minimum atomic E-state index is -0.0723. The maximum atomic E-state index is 11.7. The molecule has 1 aromatic heterocycles. The van der Waals surface area contributed by atoms with Crippen molar-refractivity contribution in [2.45, 2.75) is 38.5 Å². The Bertz CT molecular complexity index is 455. The molecule has 0 radical (unpaired) electrons. The number of nitrogens with zero attached hydrogens (tertiary/aromatic N) is 3. The van der Waals surface area contributed by atoms with Gasteiger partial charge in [0.2, 0.25) is 0 Å². The fourth-order valence-electron chi connectivity index (χ4n) is 2.78. The van der Waals surface area contributed by atoms with Crippen LogP contribution in [0.4, 0.5) is 0 Å². The van der Waals surface area contributed by atoms with Gasteiger partial charge in [-0.05, 0) is 6.92 Å². The summed E-state index contributed by atoms with van der Waals surface area (Å²) in [7, 11) is 2.02. The summed E-state index contributed by atoms with van der Waals surface area (Å²) in [4.78, 5) is 18.3. The predicted octanol–water partition coefficient (Wildman–Crippen LogP) is 0.482. The summed E-state index contributed by atoms with van der Waals surface area (Å²) in [6.07, 6.45) is 3.67. The number of hydrogen-bond acceptors (Lipinski definition) is 4. The van der Waals surface area contributed by atoms with Gasteiger partial charge < -0.3 is 9.30 Å². The van der Waals surface area contributed by atoms with Crippen LogP contribution < -0.4 is 0 Å². The molecule has 2 aliphatic rings. The van der Waals surface area contributed by atoms with Crippen LogP contribution in [0.2, 0.25) is 0 Å². The van der Waals surface area contributed by atoms with Gasteiger partial charge in [-0.1, -0.05) is 0 Å². The van der Waals surface area contributed by atoms with E-state index in [9.17, 15) is 4.79 Å². The number of imidazole rings is 1. The molecule has 0 unspecified atom stereocenters. The van der Waals surface area contributed by atoms with Crippen LogP contribution >= 0.6 is 0 Å². The van der Waals surface area contributed by atoms with E-state index < -0.39 is 0 Å². The highest BCUT2D eigenvalue weighted by Gasteiger charge is 2.38. The Hall–Kier alpha value is -1.36. The lowest BCUT2D eigenvalue weighted by atomic mass is 10.1. The van der Waals surface area contributed by atoms with Gasteiger partial charge in [0.1, 0.15) is 12.1 Å². The number of carbonyl (C=O) groups excluding carboxylic acids is 1. The molecule has 0 bridgehead atoms. The molecular weight excluding hydrogens is 218 g/mol. The topological polar surface area (TPSA) is 47.4 Å². The zero-order valence-electron chi connectivity index (χ0n) is 10.2. The molecule has 5 heteroatoms. The highest BCUT2D eigenvalue weighted by molar-refractivity contribution is 5.78. The molecule has 17 heavy (non-hydrogen) atoms. The lowest BCUT2D eigenvalue weighted by Gasteiger charge is -2.29. The summed E-state index contributed by atoms with van der Waals surface area (Å²) in [5, 5.41) is 0.